The molecule has 0 heterocycles. The first kappa shape index (κ1) is 15.5. The predicted molar refractivity (Wildman–Crippen MR) is 73.1 cm³/mol. The molecule has 1 aromatic carbocycles. The van der Waals surface area contributed by atoms with Crippen LogP contribution in [0.1, 0.15) is 13.3 Å². The number of aliphatic hydroxyl groups excluding tert-OH is 1. The quantitative estimate of drug-likeness (QED) is 0.450. The molecule has 104 valence electrons. The van der Waals surface area contributed by atoms with E-state index in [1.807, 2.05) is 6.92 Å². The zero-order valence-electron chi connectivity index (χ0n) is 10.5. The fourth-order valence-electron chi connectivity index (χ4n) is 1.36. The number of aliphatic hydroxyl groups is 1. The fourth-order valence-corrected chi connectivity index (χ4v) is 2.07. The molecule has 0 radical (unpaired) electrons. The summed E-state index contributed by atoms with van der Waals surface area (Å²) < 4.78 is 0. The second-order valence-corrected chi connectivity index (χ2v) is 4.94. The van der Waals surface area contributed by atoms with Crippen LogP contribution in [0, 0.1) is 10.1 Å². The molecule has 0 bridgehead atoms. The number of nitrogens with zero attached hydrogens (tertiary/aromatic N) is 1. The largest absolute Gasteiger partial charge is 0.394 e. The fraction of sp³-hybridized carbons (Fsp3) is 0.417. The maximum atomic E-state index is 11.6. The number of nitrogens with one attached hydrogen (secondary N) is 1. The number of nitro groups is 1. The Morgan fingerprint density at radius 2 is 2.11 bits per heavy atom. The number of amides is 1. The first-order chi connectivity index (χ1) is 9.06. The lowest BCUT2D eigenvalue weighted by Gasteiger charge is -2.13. The van der Waals surface area contributed by atoms with Gasteiger partial charge in [0.25, 0.3) is 5.69 Å². The highest BCUT2D eigenvalue weighted by Crippen LogP contribution is 2.21. The van der Waals surface area contributed by atoms with Gasteiger partial charge in [-0.2, -0.15) is 0 Å². The van der Waals surface area contributed by atoms with Gasteiger partial charge in [-0.1, -0.05) is 6.92 Å². The minimum absolute atomic E-state index is 0.0279. The van der Waals surface area contributed by atoms with Gasteiger partial charge in [0.05, 0.1) is 23.3 Å². The second-order valence-electron chi connectivity index (χ2n) is 3.89. The summed E-state index contributed by atoms with van der Waals surface area (Å²) in [5, 5.41) is 22.1. The maximum absolute atomic E-state index is 11.6. The summed E-state index contributed by atoms with van der Waals surface area (Å²) in [5.41, 5.74) is 0.0279. The van der Waals surface area contributed by atoms with Gasteiger partial charge < -0.3 is 10.4 Å². The van der Waals surface area contributed by atoms with Crippen LogP contribution >= 0.6 is 11.8 Å². The summed E-state index contributed by atoms with van der Waals surface area (Å²) in [6, 6.07) is 5.81. The number of thioether (sulfide) groups is 1. The highest BCUT2D eigenvalue weighted by Gasteiger charge is 2.10. The number of benzene rings is 1. The minimum atomic E-state index is -0.464. The average molecular weight is 284 g/mol. The Kier molecular flexibility index (Phi) is 6.31. The van der Waals surface area contributed by atoms with Crippen molar-refractivity contribution in [3.8, 4) is 0 Å². The van der Waals surface area contributed by atoms with Gasteiger partial charge in [0.1, 0.15) is 0 Å². The van der Waals surface area contributed by atoms with Crippen LogP contribution in [0.25, 0.3) is 0 Å². The molecule has 0 fully saturated rings. The molecule has 2 N–H and O–H groups in total. The van der Waals surface area contributed by atoms with Gasteiger partial charge in [0.2, 0.25) is 5.91 Å². The van der Waals surface area contributed by atoms with Gasteiger partial charge >= 0.3 is 0 Å². The standard InChI is InChI=1S/C12H16N2O4S/c1-2-9(7-15)13-12(16)8-19-11-5-3-10(4-6-11)14(17)18/h3-6,9,15H,2,7-8H2,1H3,(H,13,16)/t9-/m0/s1. The number of hydrogen-bond acceptors (Lipinski definition) is 5. The van der Waals surface area contributed by atoms with Crippen molar-refractivity contribution in [3.05, 3.63) is 34.4 Å². The molecule has 6 nitrogen and oxygen atoms in total. The third kappa shape index (κ3) is 5.27. The van der Waals surface area contributed by atoms with Gasteiger partial charge in [-0.3, -0.25) is 14.9 Å². The third-order valence-corrected chi connectivity index (χ3v) is 3.51. The van der Waals surface area contributed by atoms with Crippen molar-refractivity contribution >= 4 is 23.4 Å². The van der Waals surface area contributed by atoms with E-state index < -0.39 is 4.92 Å². The van der Waals surface area contributed by atoms with Crippen LogP contribution in [-0.4, -0.2) is 34.3 Å². The van der Waals surface area contributed by atoms with Gasteiger partial charge in [-0.05, 0) is 18.6 Å². The van der Waals surface area contributed by atoms with Crippen molar-refractivity contribution in [3.63, 3.8) is 0 Å². The molecule has 1 rings (SSSR count). The number of carbonyl (C=O) groups is 1. The molecule has 0 saturated heterocycles. The molecule has 7 heteroatoms. The molecular weight excluding hydrogens is 268 g/mol. The second kappa shape index (κ2) is 7.75. The molecule has 0 aromatic heterocycles. The summed E-state index contributed by atoms with van der Waals surface area (Å²) in [7, 11) is 0. The molecule has 0 unspecified atom stereocenters. The molecule has 1 aromatic rings. The maximum Gasteiger partial charge on any atom is 0.269 e. The highest BCUT2D eigenvalue weighted by molar-refractivity contribution is 8.00. The smallest absolute Gasteiger partial charge is 0.269 e. The van der Waals surface area contributed by atoms with Crippen LogP contribution in [0.4, 0.5) is 5.69 Å². The van der Waals surface area contributed by atoms with Gasteiger partial charge in [0, 0.05) is 17.0 Å². The van der Waals surface area contributed by atoms with Crippen molar-refractivity contribution in [2.45, 2.75) is 24.3 Å². The third-order valence-electron chi connectivity index (χ3n) is 2.50. The van der Waals surface area contributed by atoms with Crippen LogP contribution in [0.2, 0.25) is 0 Å². The number of non-ortho nitro benzene ring substituents is 1. The Hall–Kier alpha value is -1.60. The van der Waals surface area contributed by atoms with Crippen molar-refractivity contribution < 1.29 is 14.8 Å². The lowest BCUT2D eigenvalue weighted by molar-refractivity contribution is -0.384. The molecule has 0 aliphatic carbocycles. The van der Waals surface area contributed by atoms with Crippen LogP contribution in [0.15, 0.2) is 29.2 Å². The first-order valence-electron chi connectivity index (χ1n) is 5.84. The summed E-state index contributed by atoms with van der Waals surface area (Å²) in [5.74, 6) is 0.0538. The zero-order valence-corrected chi connectivity index (χ0v) is 11.4. The number of hydrogen-bond donors (Lipinski definition) is 2. The molecule has 0 spiro atoms. The Labute approximate surface area is 115 Å². The van der Waals surface area contributed by atoms with E-state index >= 15 is 0 Å². The van der Waals surface area contributed by atoms with E-state index in [-0.39, 0.29) is 30.0 Å². The normalized spacial score (nSPS) is 11.9. The van der Waals surface area contributed by atoms with Gasteiger partial charge in [0.15, 0.2) is 0 Å². The molecule has 1 amide bonds. The van der Waals surface area contributed by atoms with E-state index in [0.717, 1.165) is 4.90 Å². The molecule has 0 saturated carbocycles. The van der Waals surface area contributed by atoms with Gasteiger partial charge in [-0.15, -0.1) is 11.8 Å². The number of nitro benzene ring substituents is 1. The number of carbonyl (C=O) groups excluding carboxylic acids is 1. The Bertz CT molecular complexity index is 432. The van der Waals surface area contributed by atoms with Crippen molar-refractivity contribution in [2.75, 3.05) is 12.4 Å². The van der Waals surface area contributed by atoms with Crippen LogP contribution < -0.4 is 5.32 Å². The molecule has 19 heavy (non-hydrogen) atoms. The average Bonchev–Trinajstić information content (AvgIpc) is 2.43. The van der Waals surface area contributed by atoms with Crippen LogP contribution in [-0.2, 0) is 4.79 Å². The van der Waals surface area contributed by atoms with E-state index in [0.29, 0.717) is 6.42 Å². The van der Waals surface area contributed by atoms with E-state index in [4.69, 9.17) is 5.11 Å². The van der Waals surface area contributed by atoms with Gasteiger partial charge in [-0.25, -0.2) is 0 Å². The van der Waals surface area contributed by atoms with Crippen molar-refractivity contribution in [1.29, 1.82) is 0 Å². The van der Waals surface area contributed by atoms with E-state index in [1.54, 1.807) is 12.1 Å². The lowest BCUT2D eigenvalue weighted by atomic mass is 10.2. The van der Waals surface area contributed by atoms with Crippen LogP contribution in [0.3, 0.4) is 0 Å². The lowest BCUT2D eigenvalue weighted by Crippen LogP contribution is -2.37. The Morgan fingerprint density at radius 3 is 2.58 bits per heavy atom. The molecule has 0 aliphatic rings. The van der Waals surface area contributed by atoms with E-state index in [9.17, 15) is 14.9 Å². The zero-order chi connectivity index (χ0) is 14.3. The summed E-state index contributed by atoms with van der Waals surface area (Å²) >= 11 is 1.30. The van der Waals surface area contributed by atoms with Crippen LogP contribution in [0.5, 0.6) is 0 Å². The van der Waals surface area contributed by atoms with E-state index in [1.165, 1.54) is 23.9 Å². The summed E-state index contributed by atoms with van der Waals surface area (Å²) in [6.45, 7) is 1.80. The predicted octanol–water partition coefficient (Wildman–Crippen LogP) is 1.57. The molecule has 1 atom stereocenters. The van der Waals surface area contributed by atoms with Crippen molar-refractivity contribution in [1.82, 2.24) is 5.32 Å². The Morgan fingerprint density at radius 1 is 1.47 bits per heavy atom. The SMILES string of the molecule is CC[C@@H](CO)NC(=O)CSc1ccc([N+](=O)[O-])cc1. The number of rotatable bonds is 7. The molecule has 0 aliphatic heterocycles. The van der Waals surface area contributed by atoms with E-state index in [2.05, 4.69) is 5.32 Å². The monoisotopic (exact) mass is 284 g/mol. The van der Waals surface area contributed by atoms with Crippen molar-refractivity contribution in [2.24, 2.45) is 0 Å². The minimum Gasteiger partial charge on any atom is -0.394 e. The topological polar surface area (TPSA) is 92.5 Å². The Balaban J connectivity index is 2.43. The summed E-state index contributed by atoms with van der Waals surface area (Å²) in [6.07, 6.45) is 0.671. The summed E-state index contributed by atoms with van der Waals surface area (Å²) in [4.78, 5) is 22.4. The highest BCUT2D eigenvalue weighted by atomic mass is 32.2. The first-order valence-corrected chi connectivity index (χ1v) is 6.82. The molecular formula is C12H16N2O4S.